The quantitative estimate of drug-likeness (QED) is 0.737. The van der Waals surface area contributed by atoms with Crippen LogP contribution in [0.4, 0.5) is 0 Å². The van der Waals surface area contributed by atoms with E-state index in [-0.39, 0.29) is 5.91 Å². The normalized spacial score (nSPS) is 15.4. The minimum atomic E-state index is -0.0468. The highest BCUT2D eigenvalue weighted by Crippen LogP contribution is 2.19. The van der Waals surface area contributed by atoms with E-state index in [1.807, 2.05) is 26.1 Å². The van der Waals surface area contributed by atoms with Crippen molar-refractivity contribution < 1.29 is 9.53 Å². The first-order valence-electron chi connectivity index (χ1n) is 9.94. The maximum atomic E-state index is 12.5. The van der Waals surface area contributed by atoms with Crippen LogP contribution >= 0.6 is 0 Å². The number of aromatic nitrogens is 2. The first kappa shape index (κ1) is 20.3. The summed E-state index contributed by atoms with van der Waals surface area (Å²) in [4.78, 5) is 25.2. The molecule has 1 saturated heterocycles. The summed E-state index contributed by atoms with van der Waals surface area (Å²) in [6, 6.07) is 8.32. The predicted molar refractivity (Wildman–Crippen MR) is 110 cm³/mol. The van der Waals surface area contributed by atoms with Crippen molar-refractivity contribution in [2.75, 3.05) is 40.3 Å². The van der Waals surface area contributed by atoms with Crippen molar-refractivity contribution in [3.63, 3.8) is 0 Å². The Bertz CT molecular complexity index is 753. The molecule has 0 spiro atoms. The number of ether oxygens (including phenoxy) is 1. The van der Waals surface area contributed by atoms with Gasteiger partial charge in [0, 0.05) is 26.3 Å². The third-order valence-electron chi connectivity index (χ3n) is 5.46. The number of hydrogen-bond acceptors (Lipinski definition) is 5. The second-order valence-electron chi connectivity index (χ2n) is 7.61. The molecule has 2 heterocycles. The lowest BCUT2D eigenvalue weighted by Gasteiger charge is -2.33. The van der Waals surface area contributed by atoms with Crippen LogP contribution in [-0.4, -0.2) is 66.0 Å². The Hall–Kier alpha value is -2.47. The molecule has 0 N–H and O–H groups in total. The minimum absolute atomic E-state index is 0.0468. The van der Waals surface area contributed by atoms with E-state index in [2.05, 4.69) is 27.0 Å². The summed E-state index contributed by atoms with van der Waals surface area (Å²) in [5.74, 6) is 1.40. The Morgan fingerprint density at radius 2 is 1.89 bits per heavy atom. The largest absolute Gasteiger partial charge is 0.497 e. The molecule has 1 amide bonds. The molecular formula is C22H30N4O2. The summed E-state index contributed by atoms with van der Waals surface area (Å²) in [6.45, 7) is 5.90. The van der Waals surface area contributed by atoms with Crippen LogP contribution in [0.5, 0.6) is 5.75 Å². The molecule has 1 aliphatic rings. The highest BCUT2D eigenvalue weighted by molar-refractivity contribution is 5.91. The maximum absolute atomic E-state index is 12.5. The molecule has 0 aliphatic carbocycles. The van der Waals surface area contributed by atoms with Crippen LogP contribution in [0.3, 0.4) is 0 Å². The molecule has 0 bridgehead atoms. The van der Waals surface area contributed by atoms with Crippen LogP contribution in [0.15, 0.2) is 36.7 Å². The molecule has 3 rings (SSSR count). The lowest BCUT2D eigenvalue weighted by atomic mass is 9.96. The van der Waals surface area contributed by atoms with E-state index in [0.29, 0.717) is 11.6 Å². The molecule has 1 fully saturated rings. The molecule has 0 unspecified atom stereocenters. The Kier molecular flexibility index (Phi) is 6.98. The smallest absolute Gasteiger partial charge is 0.273 e. The van der Waals surface area contributed by atoms with E-state index < -0.39 is 0 Å². The molecule has 0 saturated carbocycles. The number of rotatable bonds is 7. The fourth-order valence-electron chi connectivity index (χ4n) is 3.64. The first-order valence-corrected chi connectivity index (χ1v) is 9.94. The third kappa shape index (κ3) is 5.52. The van der Waals surface area contributed by atoms with Crippen LogP contribution in [0.2, 0.25) is 0 Å². The Morgan fingerprint density at radius 1 is 1.18 bits per heavy atom. The van der Waals surface area contributed by atoms with Gasteiger partial charge in [0.2, 0.25) is 0 Å². The molecule has 2 aromatic rings. The zero-order valence-corrected chi connectivity index (χ0v) is 17.1. The fourth-order valence-corrected chi connectivity index (χ4v) is 3.64. The van der Waals surface area contributed by atoms with Crippen molar-refractivity contribution in [2.45, 2.75) is 26.2 Å². The molecule has 1 aliphatic heterocycles. The Labute approximate surface area is 167 Å². The van der Waals surface area contributed by atoms with E-state index in [1.165, 1.54) is 5.56 Å². The van der Waals surface area contributed by atoms with E-state index >= 15 is 0 Å². The van der Waals surface area contributed by atoms with Crippen LogP contribution in [0.25, 0.3) is 0 Å². The number of piperidine rings is 1. The van der Waals surface area contributed by atoms with Crippen molar-refractivity contribution >= 4 is 5.91 Å². The van der Waals surface area contributed by atoms with Crippen molar-refractivity contribution in [1.82, 2.24) is 19.8 Å². The number of carbonyl (C=O) groups is 1. The first-order chi connectivity index (χ1) is 13.5. The lowest BCUT2D eigenvalue weighted by Crippen LogP contribution is -2.40. The van der Waals surface area contributed by atoms with Gasteiger partial charge in [-0.2, -0.15) is 0 Å². The van der Waals surface area contributed by atoms with Gasteiger partial charge in [-0.1, -0.05) is 12.1 Å². The number of amides is 1. The molecule has 150 valence electrons. The number of methoxy groups -OCH3 is 1. The topological polar surface area (TPSA) is 58.6 Å². The van der Waals surface area contributed by atoms with Gasteiger partial charge < -0.3 is 14.5 Å². The number of nitrogens with zero attached hydrogens (tertiary/aromatic N) is 4. The molecule has 0 atom stereocenters. The van der Waals surface area contributed by atoms with Gasteiger partial charge in [-0.25, -0.2) is 4.98 Å². The second kappa shape index (κ2) is 9.64. The standard InChI is InChI=1S/C22H30N4O2/c1-17-14-24-21(15-23-17)22(27)25(2)16-19-9-12-26(13-10-19)11-8-18-4-6-20(28-3)7-5-18/h4-7,14-15,19H,8-13,16H2,1-3H3. The maximum Gasteiger partial charge on any atom is 0.273 e. The second-order valence-corrected chi connectivity index (χ2v) is 7.61. The third-order valence-corrected chi connectivity index (χ3v) is 5.46. The number of benzene rings is 1. The zero-order valence-electron chi connectivity index (χ0n) is 17.1. The van der Waals surface area contributed by atoms with Gasteiger partial charge in [-0.3, -0.25) is 9.78 Å². The van der Waals surface area contributed by atoms with Crippen LogP contribution in [0, 0.1) is 12.8 Å². The summed E-state index contributed by atoms with van der Waals surface area (Å²) in [5, 5.41) is 0. The molecule has 6 nitrogen and oxygen atoms in total. The van der Waals surface area contributed by atoms with Gasteiger partial charge in [0.25, 0.3) is 5.91 Å². The zero-order chi connectivity index (χ0) is 19.9. The summed E-state index contributed by atoms with van der Waals surface area (Å²) >= 11 is 0. The van der Waals surface area contributed by atoms with Crippen LogP contribution in [-0.2, 0) is 6.42 Å². The van der Waals surface area contributed by atoms with E-state index in [4.69, 9.17) is 4.74 Å². The van der Waals surface area contributed by atoms with Crippen molar-refractivity contribution in [3.8, 4) is 5.75 Å². The summed E-state index contributed by atoms with van der Waals surface area (Å²) < 4.78 is 5.21. The number of hydrogen-bond donors (Lipinski definition) is 0. The summed E-state index contributed by atoms with van der Waals surface area (Å²) in [5.41, 5.74) is 2.58. The average molecular weight is 383 g/mol. The number of carbonyl (C=O) groups excluding carboxylic acids is 1. The van der Waals surface area contributed by atoms with E-state index in [1.54, 1.807) is 24.4 Å². The van der Waals surface area contributed by atoms with Crippen molar-refractivity contribution in [2.24, 2.45) is 5.92 Å². The Balaban J connectivity index is 1.40. The van der Waals surface area contributed by atoms with Gasteiger partial charge in [0.1, 0.15) is 11.4 Å². The molecule has 1 aromatic carbocycles. The number of aryl methyl sites for hydroxylation is 1. The highest BCUT2D eigenvalue weighted by Gasteiger charge is 2.23. The average Bonchev–Trinajstić information content (AvgIpc) is 2.73. The van der Waals surface area contributed by atoms with Gasteiger partial charge in [-0.15, -0.1) is 0 Å². The van der Waals surface area contributed by atoms with E-state index in [0.717, 1.165) is 56.9 Å². The SMILES string of the molecule is COc1ccc(CCN2CCC(CN(C)C(=O)c3cnc(C)cn3)CC2)cc1. The predicted octanol–water partition coefficient (Wildman–Crippen LogP) is 2.82. The summed E-state index contributed by atoms with van der Waals surface area (Å²) in [6.07, 6.45) is 6.51. The highest BCUT2D eigenvalue weighted by atomic mass is 16.5. The van der Waals surface area contributed by atoms with Crippen molar-refractivity contribution in [1.29, 1.82) is 0 Å². The van der Waals surface area contributed by atoms with Crippen LogP contribution < -0.4 is 4.74 Å². The summed E-state index contributed by atoms with van der Waals surface area (Å²) in [7, 11) is 3.55. The van der Waals surface area contributed by atoms with Gasteiger partial charge in [0.15, 0.2) is 0 Å². The van der Waals surface area contributed by atoms with Gasteiger partial charge in [-0.05, 0) is 62.9 Å². The fraction of sp³-hybridized carbons (Fsp3) is 0.500. The Morgan fingerprint density at radius 3 is 2.50 bits per heavy atom. The molecule has 0 radical (unpaired) electrons. The molecular weight excluding hydrogens is 352 g/mol. The molecule has 6 heteroatoms. The monoisotopic (exact) mass is 382 g/mol. The van der Waals surface area contributed by atoms with Gasteiger partial charge in [0.05, 0.1) is 19.0 Å². The van der Waals surface area contributed by atoms with E-state index in [9.17, 15) is 4.79 Å². The number of likely N-dealkylation sites (tertiary alicyclic amines) is 1. The minimum Gasteiger partial charge on any atom is -0.497 e. The molecule has 28 heavy (non-hydrogen) atoms. The molecule has 1 aromatic heterocycles. The van der Waals surface area contributed by atoms with Gasteiger partial charge >= 0.3 is 0 Å². The van der Waals surface area contributed by atoms with Crippen molar-refractivity contribution in [3.05, 3.63) is 53.6 Å². The lowest BCUT2D eigenvalue weighted by molar-refractivity contribution is 0.0734. The van der Waals surface area contributed by atoms with Crippen LogP contribution in [0.1, 0.15) is 34.6 Å².